The van der Waals surface area contributed by atoms with Crippen molar-refractivity contribution < 1.29 is 0 Å². The molecule has 0 N–H and O–H groups in total. The van der Waals surface area contributed by atoms with Crippen LogP contribution in [0.15, 0.2) is 51.8 Å². The molecule has 4 nitrogen and oxygen atoms in total. The molecular weight excluding hydrogens is 657 g/mol. The predicted molar refractivity (Wildman–Crippen MR) is 201 cm³/mol. The summed E-state index contributed by atoms with van der Waals surface area (Å²) in [6.07, 6.45) is 25.0. The lowest BCUT2D eigenvalue weighted by Gasteiger charge is -2.43. The zero-order valence-corrected chi connectivity index (χ0v) is 30.1. The third-order valence-electron chi connectivity index (χ3n) is 12.4. The molecule has 2 spiro atoms. The standard InChI is InChI=1S/C42H36N4S3/c1-46-31(24-45)27-12-9-13-28(19-27)32-21-34-38(47-32)37-40(49-34)39-36(42(37)16-6-3-7-17-42)35-33(48-39)20-30(41(35)14-4-2-5-15-41)26-11-8-10-25(18-26)29(22-43)23-44/h18-21H,2-17H2/b31-27-. The van der Waals surface area contributed by atoms with Crippen LogP contribution < -0.4 is 0 Å². The maximum Gasteiger partial charge on any atom is 0.265 e. The molecule has 7 heteroatoms. The zero-order chi connectivity index (χ0) is 33.3. The van der Waals surface area contributed by atoms with E-state index in [1.54, 1.807) is 21.6 Å². The van der Waals surface area contributed by atoms with Crippen molar-refractivity contribution in [1.82, 2.24) is 0 Å². The first-order valence-electron chi connectivity index (χ1n) is 18.0. The molecule has 0 aliphatic heterocycles. The summed E-state index contributed by atoms with van der Waals surface area (Å²) in [5.41, 5.74) is 11.5. The Balaban J connectivity index is 1.21. The van der Waals surface area contributed by atoms with E-state index in [0.29, 0.717) is 0 Å². The Hall–Kier alpha value is -3.98. The Morgan fingerprint density at radius 1 is 0.653 bits per heavy atom. The van der Waals surface area contributed by atoms with Gasteiger partial charge in [-0.05, 0) is 115 Å². The van der Waals surface area contributed by atoms with Crippen LogP contribution in [-0.4, -0.2) is 0 Å². The Labute approximate surface area is 300 Å². The van der Waals surface area contributed by atoms with Crippen LogP contribution in [-0.2, 0) is 10.8 Å². The molecule has 3 aromatic rings. The van der Waals surface area contributed by atoms with Gasteiger partial charge in [0.1, 0.15) is 17.7 Å². The van der Waals surface area contributed by atoms with E-state index in [4.69, 9.17) is 6.57 Å². The summed E-state index contributed by atoms with van der Waals surface area (Å²) in [6.45, 7) is 7.50. The van der Waals surface area contributed by atoms with Crippen molar-refractivity contribution in [3.05, 3.63) is 89.6 Å². The van der Waals surface area contributed by atoms with Crippen molar-refractivity contribution in [2.24, 2.45) is 0 Å². The zero-order valence-electron chi connectivity index (χ0n) is 27.6. The number of thiophene rings is 3. The maximum atomic E-state index is 9.70. The van der Waals surface area contributed by atoms with E-state index in [2.05, 4.69) is 58.7 Å². The molecule has 49 heavy (non-hydrogen) atoms. The summed E-state index contributed by atoms with van der Waals surface area (Å²) < 4.78 is 2.88. The van der Waals surface area contributed by atoms with E-state index < -0.39 is 0 Å². The highest BCUT2D eigenvalue weighted by Crippen LogP contribution is 2.69. The summed E-state index contributed by atoms with van der Waals surface area (Å²) in [5.74, 6) is 0. The van der Waals surface area contributed by atoms with E-state index in [9.17, 15) is 15.8 Å². The molecule has 0 bridgehead atoms. The number of nitrogens with zero attached hydrogens (tertiary/aromatic N) is 4. The van der Waals surface area contributed by atoms with E-state index in [-0.39, 0.29) is 22.1 Å². The molecule has 9 rings (SSSR count). The van der Waals surface area contributed by atoms with Gasteiger partial charge in [0, 0.05) is 35.7 Å². The number of nitriles is 3. The minimum Gasteiger partial charge on any atom is -0.226 e. The topological polar surface area (TPSA) is 75.7 Å². The Morgan fingerprint density at radius 2 is 1.31 bits per heavy atom. The Morgan fingerprint density at radius 3 is 2.00 bits per heavy atom. The van der Waals surface area contributed by atoms with Crippen molar-refractivity contribution in [2.45, 2.75) is 114 Å². The smallest absolute Gasteiger partial charge is 0.226 e. The fourth-order valence-electron chi connectivity index (χ4n) is 10.3. The summed E-state index contributed by atoms with van der Waals surface area (Å²) in [5, 5.41) is 29.0. The Bertz CT molecular complexity index is 2250. The first-order chi connectivity index (χ1) is 24.0. The van der Waals surface area contributed by atoms with Crippen LogP contribution in [0.1, 0.15) is 129 Å². The van der Waals surface area contributed by atoms with Crippen molar-refractivity contribution in [1.29, 1.82) is 15.8 Å². The van der Waals surface area contributed by atoms with E-state index in [1.807, 2.05) is 22.7 Å². The van der Waals surface area contributed by atoms with Gasteiger partial charge in [0.2, 0.25) is 0 Å². The maximum absolute atomic E-state index is 9.70. The van der Waals surface area contributed by atoms with Gasteiger partial charge in [-0.3, -0.25) is 0 Å². The Kier molecular flexibility index (Phi) is 7.49. The summed E-state index contributed by atoms with van der Waals surface area (Å²) in [4.78, 5) is 9.39. The molecule has 3 heterocycles. The van der Waals surface area contributed by atoms with Crippen LogP contribution >= 0.6 is 34.0 Å². The lowest BCUT2D eigenvalue weighted by atomic mass is 9.60. The van der Waals surface area contributed by atoms with Gasteiger partial charge in [0.15, 0.2) is 0 Å². The molecule has 2 fully saturated rings. The largest absolute Gasteiger partial charge is 0.265 e. The van der Waals surface area contributed by atoms with Gasteiger partial charge in [-0.15, -0.1) is 34.0 Å². The van der Waals surface area contributed by atoms with Crippen LogP contribution in [0.5, 0.6) is 0 Å². The van der Waals surface area contributed by atoms with Gasteiger partial charge < -0.3 is 0 Å². The molecule has 2 saturated carbocycles. The number of allylic oxidation sites excluding steroid dienone is 9. The van der Waals surface area contributed by atoms with Crippen LogP contribution in [0.25, 0.3) is 35.6 Å². The first kappa shape index (κ1) is 31.0. The molecular formula is C42H36N4S3. The molecule has 0 saturated heterocycles. The fraction of sp³-hybridized carbons (Fsp3) is 0.429. The molecule has 0 atom stereocenters. The SMILES string of the molecule is [C-]#[N+]/C(C#N)=C1\C=C(c2cc3sc4c(c3s2)C2(CCCCC2)c2c-4sc3c2C2(CCCCC2)C(C2=CC(=C(C#N)C#N)CCC2)=C3)CCC1. The summed E-state index contributed by atoms with van der Waals surface area (Å²) in [7, 11) is 0. The molecule has 0 unspecified atom stereocenters. The van der Waals surface area contributed by atoms with Crippen LogP contribution in [0.2, 0.25) is 0 Å². The average molecular weight is 693 g/mol. The summed E-state index contributed by atoms with van der Waals surface area (Å²) in [6, 6.07) is 8.89. The highest BCUT2D eigenvalue weighted by atomic mass is 32.1. The third-order valence-corrected chi connectivity index (χ3v) is 16.2. The average Bonchev–Trinajstić information content (AvgIpc) is 3.92. The minimum atomic E-state index is 0.0285. The highest BCUT2D eigenvalue weighted by Gasteiger charge is 2.55. The van der Waals surface area contributed by atoms with Crippen molar-refractivity contribution >= 4 is 55.1 Å². The molecule has 6 aliphatic rings. The van der Waals surface area contributed by atoms with E-state index >= 15 is 0 Å². The lowest BCUT2D eigenvalue weighted by Crippen LogP contribution is -2.35. The molecule has 0 amide bonds. The van der Waals surface area contributed by atoms with Crippen LogP contribution in [0.4, 0.5) is 0 Å². The number of hydrogen-bond acceptors (Lipinski definition) is 6. The normalized spacial score (nSPS) is 22.6. The first-order valence-corrected chi connectivity index (χ1v) is 20.4. The predicted octanol–water partition coefficient (Wildman–Crippen LogP) is 12.6. The lowest BCUT2D eigenvalue weighted by molar-refractivity contribution is 0.323. The van der Waals surface area contributed by atoms with Crippen LogP contribution in [0.3, 0.4) is 0 Å². The second kappa shape index (κ2) is 11.8. The fourth-order valence-corrected chi connectivity index (χ4v) is 14.8. The van der Waals surface area contributed by atoms with Crippen molar-refractivity contribution in [3.63, 3.8) is 0 Å². The summed E-state index contributed by atoms with van der Waals surface area (Å²) >= 11 is 6.02. The van der Waals surface area contributed by atoms with Gasteiger partial charge in [-0.1, -0.05) is 50.7 Å². The van der Waals surface area contributed by atoms with Gasteiger partial charge in [-0.2, -0.15) is 10.5 Å². The van der Waals surface area contributed by atoms with Crippen molar-refractivity contribution in [2.75, 3.05) is 0 Å². The van der Waals surface area contributed by atoms with Gasteiger partial charge in [-0.25, -0.2) is 10.1 Å². The van der Waals surface area contributed by atoms with Gasteiger partial charge in [0.25, 0.3) is 5.70 Å². The van der Waals surface area contributed by atoms with Gasteiger partial charge >= 0.3 is 0 Å². The second-order valence-corrected chi connectivity index (χ2v) is 17.9. The van der Waals surface area contributed by atoms with Crippen LogP contribution in [0, 0.1) is 40.6 Å². The number of fused-ring (bicyclic) bond motifs is 10. The second-order valence-electron chi connectivity index (χ2n) is 14.8. The third kappa shape index (κ3) is 4.46. The van der Waals surface area contributed by atoms with E-state index in [0.717, 1.165) is 49.7 Å². The van der Waals surface area contributed by atoms with E-state index in [1.165, 1.54) is 105 Å². The quantitative estimate of drug-likeness (QED) is 0.198. The molecule has 242 valence electrons. The van der Waals surface area contributed by atoms with Crippen molar-refractivity contribution in [3.8, 4) is 28.0 Å². The van der Waals surface area contributed by atoms with Gasteiger partial charge in [0.05, 0.1) is 22.2 Å². The molecule has 0 aromatic carbocycles. The molecule has 3 aromatic heterocycles. The molecule has 0 radical (unpaired) electrons. The number of hydrogen-bond donors (Lipinski definition) is 0. The minimum absolute atomic E-state index is 0.0285. The monoisotopic (exact) mass is 692 g/mol. The number of rotatable bonds is 2. The molecule has 6 aliphatic carbocycles. The highest BCUT2D eigenvalue weighted by molar-refractivity contribution is 7.32.